The highest BCUT2D eigenvalue weighted by atomic mass is 16.5. The van der Waals surface area contributed by atoms with Crippen molar-refractivity contribution in [3.05, 3.63) is 53.9 Å². The summed E-state index contributed by atoms with van der Waals surface area (Å²) >= 11 is 0. The zero-order valence-corrected chi connectivity index (χ0v) is 12.9. The fourth-order valence-electron chi connectivity index (χ4n) is 3.12. The van der Waals surface area contributed by atoms with Crippen LogP contribution in [0.1, 0.15) is 22.3 Å². The number of hydrogen-bond acceptors (Lipinski definition) is 3. The number of carbonyl (C=O) groups is 1. The van der Waals surface area contributed by atoms with Crippen molar-refractivity contribution in [3.8, 4) is 5.75 Å². The molecule has 0 bridgehead atoms. The molecule has 2 aromatic carbocycles. The van der Waals surface area contributed by atoms with Crippen LogP contribution in [0.2, 0.25) is 0 Å². The van der Waals surface area contributed by atoms with Crippen LogP contribution in [0.25, 0.3) is 11.0 Å². The number of nitrogens with zero attached hydrogens (tertiary/aromatic N) is 2. The third-order valence-corrected chi connectivity index (χ3v) is 4.32. The van der Waals surface area contributed by atoms with E-state index in [1.165, 1.54) is 5.56 Å². The number of aromatic amines is 1. The molecule has 1 N–H and O–H groups in total. The van der Waals surface area contributed by atoms with Crippen molar-refractivity contribution in [1.29, 1.82) is 0 Å². The third kappa shape index (κ3) is 2.34. The predicted molar refractivity (Wildman–Crippen MR) is 89.1 cm³/mol. The molecule has 0 radical (unpaired) electrons. The third-order valence-electron chi connectivity index (χ3n) is 4.32. The van der Waals surface area contributed by atoms with Gasteiger partial charge in [-0.15, -0.1) is 0 Å². The van der Waals surface area contributed by atoms with E-state index >= 15 is 0 Å². The van der Waals surface area contributed by atoms with Crippen LogP contribution in [0.4, 0.5) is 5.69 Å². The molecule has 116 valence electrons. The largest absolute Gasteiger partial charge is 0.497 e. The number of anilines is 1. The maximum Gasteiger partial charge on any atom is 0.258 e. The van der Waals surface area contributed by atoms with Crippen molar-refractivity contribution in [1.82, 2.24) is 9.97 Å². The van der Waals surface area contributed by atoms with Crippen LogP contribution in [0, 0.1) is 0 Å². The molecule has 2 heterocycles. The van der Waals surface area contributed by atoms with Crippen molar-refractivity contribution in [2.45, 2.75) is 12.8 Å². The molecule has 0 aliphatic carbocycles. The Morgan fingerprint density at radius 2 is 2.17 bits per heavy atom. The highest BCUT2D eigenvalue weighted by Gasteiger charge is 2.24. The Morgan fingerprint density at radius 3 is 3.04 bits per heavy atom. The van der Waals surface area contributed by atoms with Crippen LogP contribution in [0.15, 0.2) is 42.7 Å². The summed E-state index contributed by atoms with van der Waals surface area (Å²) in [4.78, 5) is 22.1. The molecule has 0 saturated carbocycles. The van der Waals surface area contributed by atoms with Gasteiger partial charge in [0.1, 0.15) is 5.75 Å². The van der Waals surface area contributed by atoms with Crippen molar-refractivity contribution < 1.29 is 9.53 Å². The molecule has 3 aromatic rings. The van der Waals surface area contributed by atoms with Gasteiger partial charge in [-0.3, -0.25) is 4.79 Å². The molecule has 0 saturated heterocycles. The molecule has 1 aromatic heterocycles. The second-order valence-electron chi connectivity index (χ2n) is 5.69. The van der Waals surface area contributed by atoms with E-state index in [0.717, 1.165) is 41.9 Å². The maximum atomic E-state index is 13.0. The Labute approximate surface area is 133 Å². The summed E-state index contributed by atoms with van der Waals surface area (Å²) in [5, 5.41) is 0. The van der Waals surface area contributed by atoms with Gasteiger partial charge in [-0.2, -0.15) is 0 Å². The molecule has 5 heteroatoms. The number of methoxy groups -OCH3 is 1. The summed E-state index contributed by atoms with van der Waals surface area (Å²) in [5.74, 6) is 0.781. The second-order valence-corrected chi connectivity index (χ2v) is 5.69. The van der Waals surface area contributed by atoms with Gasteiger partial charge in [-0.25, -0.2) is 4.98 Å². The number of imidazole rings is 1. The number of aromatic nitrogens is 2. The highest BCUT2D eigenvalue weighted by Crippen LogP contribution is 2.32. The first-order valence-corrected chi connectivity index (χ1v) is 7.68. The smallest absolute Gasteiger partial charge is 0.258 e. The summed E-state index contributed by atoms with van der Waals surface area (Å²) in [6, 6.07) is 11.5. The summed E-state index contributed by atoms with van der Waals surface area (Å²) in [7, 11) is 1.64. The summed E-state index contributed by atoms with van der Waals surface area (Å²) in [6.45, 7) is 0.722. The average molecular weight is 307 g/mol. The van der Waals surface area contributed by atoms with E-state index in [0.29, 0.717) is 5.56 Å². The van der Waals surface area contributed by atoms with Crippen molar-refractivity contribution >= 4 is 22.6 Å². The molecule has 0 atom stereocenters. The Hall–Kier alpha value is -2.82. The van der Waals surface area contributed by atoms with Crippen LogP contribution in [0.3, 0.4) is 0 Å². The monoisotopic (exact) mass is 307 g/mol. The predicted octanol–water partition coefficient (Wildman–Crippen LogP) is 3.16. The lowest BCUT2D eigenvalue weighted by Crippen LogP contribution is -2.35. The molecule has 5 nitrogen and oxygen atoms in total. The van der Waals surface area contributed by atoms with Gasteiger partial charge >= 0.3 is 0 Å². The van der Waals surface area contributed by atoms with Crippen LogP contribution in [-0.4, -0.2) is 29.5 Å². The van der Waals surface area contributed by atoms with Gasteiger partial charge in [-0.1, -0.05) is 6.07 Å². The molecule has 0 fully saturated rings. The van der Waals surface area contributed by atoms with Gasteiger partial charge in [0.05, 0.1) is 30.2 Å². The van der Waals surface area contributed by atoms with Gasteiger partial charge in [-0.05, 0) is 42.7 Å². The lowest BCUT2D eigenvalue weighted by Gasteiger charge is -2.30. The number of fused-ring (bicyclic) bond motifs is 2. The number of aryl methyl sites for hydroxylation is 1. The van der Waals surface area contributed by atoms with E-state index < -0.39 is 0 Å². The van der Waals surface area contributed by atoms with Crippen molar-refractivity contribution in [2.75, 3.05) is 18.6 Å². The summed E-state index contributed by atoms with van der Waals surface area (Å²) in [6.07, 6.45) is 3.60. The van der Waals surface area contributed by atoms with Gasteiger partial charge in [0.2, 0.25) is 0 Å². The highest BCUT2D eigenvalue weighted by molar-refractivity contribution is 6.08. The van der Waals surface area contributed by atoms with E-state index in [2.05, 4.69) is 9.97 Å². The van der Waals surface area contributed by atoms with Crippen LogP contribution < -0.4 is 9.64 Å². The molecular weight excluding hydrogens is 290 g/mol. The van der Waals surface area contributed by atoms with Crippen LogP contribution >= 0.6 is 0 Å². The molecule has 1 aliphatic heterocycles. The number of nitrogens with one attached hydrogen (secondary N) is 1. The number of benzene rings is 2. The minimum absolute atomic E-state index is 0.00991. The van der Waals surface area contributed by atoms with Gasteiger partial charge < -0.3 is 14.6 Å². The fraction of sp³-hybridized carbons (Fsp3) is 0.222. The maximum absolute atomic E-state index is 13.0. The van der Waals surface area contributed by atoms with Gasteiger partial charge in [0.25, 0.3) is 5.91 Å². The fourth-order valence-corrected chi connectivity index (χ4v) is 3.12. The molecular formula is C18H17N3O2. The second kappa shape index (κ2) is 5.43. The Balaban J connectivity index is 1.74. The van der Waals surface area contributed by atoms with Crippen molar-refractivity contribution in [3.63, 3.8) is 0 Å². The molecule has 0 spiro atoms. The number of ether oxygens (including phenoxy) is 1. The number of rotatable bonds is 2. The van der Waals surface area contributed by atoms with Gasteiger partial charge in [0, 0.05) is 18.2 Å². The lowest BCUT2D eigenvalue weighted by atomic mass is 10.0. The number of carbonyl (C=O) groups excluding carboxylic acids is 1. The van der Waals surface area contributed by atoms with E-state index in [1.54, 1.807) is 13.4 Å². The number of hydrogen-bond donors (Lipinski definition) is 1. The standard InChI is InChI=1S/C18H17N3O2/c1-23-14-6-4-12-3-2-8-21(17(12)10-14)18(22)13-5-7-15-16(9-13)20-11-19-15/h4-7,9-11H,2-3,8H2,1H3,(H,19,20). The zero-order chi connectivity index (χ0) is 15.8. The Morgan fingerprint density at radius 1 is 1.26 bits per heavy atom. The minimum atomic E-state index is 0.00991. The van der Waals surface area contributed by atoms with Crippen LogP contribution in [-0.2, 0) is 6.42 Å². The number of H-pyrrole nitrogens is 1. The molecule has 1 aliphatic rings. The van der Waals surface area contributed by atoms with E-state index in [4.69, 9.17) is 4.74 Å². The SMILES string of the molecule is COc1ccc2c(c1)N(C(=O)c1ccc3nc[nH]c3c1)CCC2. The molecule has 4 rings (SSSR count). The molecule has 0 unspecified atom stereocenters. The van der Waals surface area contributed by atoms with Gasteiger partial charge in [0.15, 0.2) is 0 Å². The summed E-state index contributed by atoms with van der Waals surface area (Å²) < 4.78 is 5.31. The van der Waals surface area contributed by atoms with E-state index in [1.807, 2.05) is 41.3 Å². The first-order valence-electron chi connectivity index (χ1n) is 7.68. The van der Waals surface area contributed by atoms with E-state index in [-0.39, 0.29) is 5.91 Å². The zero-order valence-electron chi connectivity index (χ0n) is 12.9. The van der Waals surface area contributed by atoms with Crippen LogP contribution in [0.5, 0.6) is 5.75 Å². The first-order chi connectivity index (χ1) is 11.3. The average Bonchev–Trinajstić information content (AvgIpc) is 3.07. The minimum Gasteiger partial charge on any atom is -0.497 e. The normalized spacial score (nSPS) is 13.9. The molecule has 23 heavy (non-hydrogen) atoms. The summed E-state index contributed by atoms with van der Waals surface area (Å²) in [5.41, 5.74) is 4.54. The quantitative estimate of drug-likeness (QED) is 0.791. The topological polar surface area (TPSA) is 58.2 Å². The molecule has 1 amide bonds. The van der Waals surface area contributed by atoms with Crippen molar-refractivity contribution in [2.24, 2.45) is 0 Å². The Kier molecular flexibility index (Phi) is 3.26. The first kappa shape index (κ1) is 13.8. The Bertz CT molecular complexity index is 885. The van der Waals surface area contributed by atoms with E-state index in [9.17, 15) is 4.79 Å². The number of amides is 1. The lowest BCUT2D eigenvalue weighted by molar-refractivity contribution is 0.0985.